The number of methoxy groups -OCH3 is 1. The molecule has 9 atom stereocenters. The molecule has 5 aliphatic carbocycles. The molecule has 5 aliphatic rings. The maximum absolute atomic E-state index is 14.4. The summed E-state index contributed by atoms with van der Waals surface area (Å²) in [5.41, 5.74) is -0.590. The van der Waals surface area contributed by atoms with Gasteiger partial charge < -0.3 is 9.58 Å². The van der Waals surface area contributed by atoms with Gasteiger partial charge in [0.1, 0.15) is 0 Å². The van der Waals surface area contributed by atoms with E-state index >= 15 is 0 Å². The van der Waals surface area contributed by atoms with Crippen molar-refractivity contribution in [1.29, 1.82) is 0 Å². The molecule has 0 radical (unpaired) electrons. The second kappa shape index (κ2) is 7.80. The van der Waals surface area contributed by atoms with E-state index in [0.717, 1.165) is 44.9 Å². The number of rotatable bonds is 1. The van der Waals surface area contributed by atoms with Crippen molar-refractivity contribution < 1.29 is 19.1 Å². The monoisotopic (exact) mass is 507 g/mol. The summed E-state index contributed by atoms with van der Waals surface area (Å²) in [5, 5.41) is 0. The fourth-order valence-corrected chi connectivity index (χ4v) is 10.7. The van der Waals surface area contributed by atoms with Crippen molar-refractivity contribution in [2.45, 2.75) is 106 Å². The Labute approximate surface area is 223 Å². The molecule has 5 rings (SSSR count). The Hall–Kier alpha value is -1.96. The number of esters is 1. The third-order valence-corrected chi connectivity index (χ3v) is 13.1. The third-order valence-electron chi connectivity index (χ3n) is 13.1. The van der Waals surface area contributed by atoms with Gasteiger partial charge in [0.15, 0.2) is 5.78 Å². The number of Topliss-reactive ketones (excluding diaryl/α,β-unsaturated/α-hetero) is 1. The zero-order valence-electron chi connectivity index (χ0n) is 24.1. The van der Waals surface area contributed by atoms with E-state index in [2.05, 4.69) is 32.5 Å². The van der Waals surface area contributed by atoms with Crippen LogP contribution in [0.1, 0.15) is 99.8 Å². The number of ketones is 2. The largest absolute Gasteiger partial charge is 0.469 e. The van der Waals surface area contributed by atoms with Gasteiger partial charge in [0.25, 0.3) is 6.04 Å². The summed E-state index contributed by atoms with van der Waals surface area (Å²) in [6, 6.07) is -0.668. The maximum Gasteiger partial charge on any atom is 0.311 e. The van der Waals surface area contributed by atoms with Crippen molar-refractivity contribution in [2.75, 3.05) is 7.11 Å². The highest BCUT2D eigenvalue weighted by Crippen LogP contribution is 2.75. The fourth-order valence-electron chi connectivity index (χ4n) is 10.7. The van der Waals surface area contributed by atoms with Gasteiger partial charge in [-0.15, -0.1) is 0 Å². The summed E-state index contributed by atoms with van der Waals surface area (Å²) in [4.78, 5) is 44.3. The molecule has 4 fully saturated rings. The van der Waals surface area contributed by atoms with Gasteiger partial charge in [0, 0.05) is 17.8 Å². The van der Waals surface area contributed by atoms with Crippen LogP contribution in [-0.4, -0.2) is 30.7 Å². The molecule has 0 heterocycles. The molecular formula is C32H45NO4. The van der Waals surface area contributed by atoms with E-state index in [0.29, 0.717) is 6.42 Å². The molecule has 0 aromatic heterocycles. The van der Waals surface area contributed by atoms with Gasteiger partial charge in [-0.25, -0.2) is 6.57 Å². The number of carbonyl (C=O) groups excluding carboxylic acids is 3. The molecule has 0 aromatic carbocycles. The SMILES string of the molecule is [C-]#[N+]C1C[C@]2(C)[C@H]3C(=O)C=C4[C@@H]5C[C@@](C)(C(=O)OC)CC[C@]5(C)CC[C@@]4(C)[C@]3(C)CC[C@H]2C(C)(C)C1=O. The minimum Gasteiger partial charge on any atom is -0.469 e. The molecule has 0 amide bonds. The van der Waals surface area contributed by atoms with Gasteiger partial charge in [-0.2, -0.15) is 0 Å². The second-order valence-corrected chi connectivity index (χ2v) is 15.2. The number of carbonyl (C=O) groups is 3. The van der Waals surface area contributed by atoms with Crippen molar-refractivity contribution in [3.63, 3.8) is 0 Å². The first-order chi connectivity index (χ1) is 17.0. The number of fused-ring (bicyclic) bond motifs is 7. The Morgan fingerprint density at radius 1 is 0.973 bits per heavy atom. The maximum atomic E-state index is 14.4. The standard InChI is InChI=1S/C32H45NO4/c1-27(2)23-10-11-32(7)24(30(23,5)18-21(33-8)25(27)35)22(34)16-19-20-17-29(4,26(36)37-9)13-12-28(20,3)14-15-31(19,32)6/h16,20-21,23-24H,10-15,17-18H2,1-7,9H3/t20-,21?,23-,24+,28+,29-,30-,31+,32+/m0/s1. The van der Waals surface area contributed by atoms with Gasteiger partial charge in [-0.1, -0.05) is 47.1 Å². The zero-order valence-corrected chi connectivity index (χ0v) is 24.1. The molecule has 202 valence electrons. The van der Waals surface area contributed by atoms with Crippen LogP contribution in [0, 0.1) is 56.8 Å². The van der Waals surface area contributed by atoms with Crippen molar-refractivity contribution in [1.82, 2.24) is 0 Å². The van der Waals surface area contributed by atoms with Crippen LogP contribution >= 0.6 is 0 Å². The molecule has 0 aliphatic heterocycles. The Balaban J connectivity index is 1.63. The molecule has 0 saturated heterocycles. The molecule has 4 saturated carbocycles. The highest BCUT2D eigenvalue weighted by Gasteiger charge is 2.72. The van der Waals surface area contributed by atoms with Gasteiger partial charge in [-0.3, -0.25) is 14.4 Å². The van der Waals surface area contributed by atoms with Crippen molar-refractivity contribution in [3.8, 4) is 0 Å². The normalized spacial score (nSPS) is 50.4. The van der Waals surface area contributed by atoms with Crippen LogP contribution in [0.3, 0.4) is 0 Å². The lowest BCUT2D eigenvalue weighted by Gasteiger charge is -2.69. The predicted molar refractivity (Wildman–Crippen MR) is 142 cm³/mol. The number of allylic oxidation sites excluding steroid dienone is 2. The van der Waals surface area contributed by atoms with Crippen LogP contribution in [0.15, 0.2) is 11.6 Å². The average Bonchev–Trinajstić information content (AvgIpc) is 2.83. The molecule has 1 unspecified atom stereocenters. The van der Waals surface area contributed by atoms with Crippen molar-refractivity contribution >= 4 is 17.5 Å². The van der Waals surface area contributed by atoms with Crippen LogP contribution in [-0.2, 0) is 19.1 Å². The molecule has 0 N–H and O–H groups in total. The summed E-state index contributed by atoms with van der Waals surface area (Å²) >= 11 is 0. The first-order valence-electron chi connectivity index (χ1n) is 14.3. The summed E-state index contributed by atoms with van der Waals surface area (Å²) in [6.07, 6.45) is 8.94. The number of hydrogen-bond acceptors (Lipinski definition) is 4. The van der Waals surface area contributed by atoms with Crippen LogP contribution in [0.5, 0.6) is 0 Å². The highest BCUT2D eigenvalue weighted by atomic mass is 16.5. The average molecular weight is 508 g/mol. The summed E-state index contributed by atoms with van der Waals surface area (Å²) < 4.78 is 5.24. The lowest BCUT2D eigenvalue weighted by atomic mass is 9.33. The Bertz CT molecular complexity index is 1150. The van der Waals surface area contributed by atoms with E-state index in [1.165, 1.54) is 12.7 Å². The summed E-state index contributed by atoms with van der Waals surface area (Å²) in [7, 11) is 1.48. The minimum absolute atomic E-state index is 0.0528. The zero-order chi connectivity index (χ0) is 27.4. The highest BCUT2D eigenvalue weighted by molar-refractivity contribution is 5.97. The first kappa shape index (κ1) is 26.6. The molecule has 0 spiro atoms. The summed E-state index contributed by atoms with van der Waals surface area (Å²) in [5.74, 6) is 0.168. The van der Waals surface area contributed by atoms with E-state index in [4.69, 9.17) is 11.3 Å². The van der Waals surface area contributed by atoms with Gasteiger partial charge in [-0.05, 0) is 91.4 Å². The predicted octanol–water partition coefficient (Wildman–Crippen LogP) is 6.61. The van der Waals surface area contributed by atoms with E-state index in [-0.39, 0.29) is 51.5 Å². The molecule has 0 bridgehead atoms. The molecule has 5 heteroatoms. The molecule has 0 aromatic rings. The number of hydrogen-bond donors (Lipinski definition) is 0. The van der Waals surface area contributed by atoms with Crippen LogP contribution in [0.2, 0.25) is 0 Å². The lowest BCUT2D eigenvalue weighted by molar-refractivity contribution is -0.189. The van der Waals surface area contributed by atoms with Crippen molar-refractivity contribution in [3.05, 3.63) is 23.1 Å². The Morgan fingerprint density at radius 3 is 2.24 bits per heavy atom. The van der Waals surface area contributed by atoms with E-state index in [1.54, 1.807) is 0 Å². The van der Waals surface area contributed by atoms with Gasteiger partial charge in [0.2, 0.25) is 5.78 Å². The minimum atomic E-state index is -0.668. The molecular weight excluding hydrogens is 462 g/mol. The third kappa shape index (κ3) is 3.17. The van der Waals surface area contributed by atoms with Crippen molar-refractivity contribution in [2.24, 2.45) is 50.2 Å². The molecule has 37 heavy (non-hydrogen) atoms. The van der Waals surface area contributed by atoms with Crippen LogP contribution in [0.4, 0.5) is 0 Å². The van der Waals surface area contributed by atoms with E-state index in [9.17, 15) is 14.4 Å². The van der Waals surface area contributed by atoms with Crippen LogP contribution in [0.25, 0.3) is 4.85 Å². The van der Waals surface area contributed by atoms with E-state index < -0.39 is 22.3 Å². The topological polar surface area (TPSA) is 64.8 Å². The quantitative estimate of drug-likeness (QED) is 0.296. The second-order valence-electron chi connectivity index (χ2n) is 15.2. The Kier molecular flexibility index (Phi) is 5.61. The first-order valence-corrected chi connectivity index (χ1v) is 14.3. The van der Waals surface area contributed by atoms with E-state index in [1.807, 2.05) is 26.8 Å². The molecule has 5 nitrogen and oxygen atoms in total. The number of nitrogens with zero attached hydrogens (tertiary/aromatic N) is 1. The summed E-state index contributed by atoms with van der Waals surface area (Å²) in [6.45, 7) is 23.2. The lowest BCUT2D eigenvalue weighted by Crippen LogP contribution is -2.67. The Morgan fingerprint density at radius 2 is 1.62 bits per heavy atom. The number of ether oxygens (including phenoxy) is 1. The van der Waals surface area contributed by atoms with Gasteiger partial charge >= 0.3 is 5.97 Å². The fraction of sp³-hybridized carbons (Fsp3) is 0.812. The smallest absolute Gasteiger partial charge is 0.311 e. The van der Waals surface area contributed by atoms with Gasteiger partial charge in [0.05, 0.1) is 12.5 Å². The van der Waals surface area contributed by atoms with Crippen LogP contribution < -0.4 is 0 Å².